The molecule has 1 aliphatic heterocycles. The van der Waals surface area contributed by atoms with Crippen LogP contribution >= 0.6 is 34.4 Å². The van der Waals surface area contributed by atoms with E-state index in [2.05, 4.69) is 53.2 Å². The number of piperidine rings is 1. The van der Waals surface area contributed by atoms with E-state index in [-0.39, 0.29) is 0 Å². The summed E-state index contributed by atoms with van der Waals surface area (Å²) in [5.74, 6) is 0. The second kappa shape index (κ2) is 4.92. The molecule has 0 radical (unpaired) electrons. The number of rotatable bonds is 2. The van der Waals surface area contributed by atoms with Gasteiger partial charge in [-0.25, -0.2) is 0 Å². The first kappa shape index (κ1) is 10.1. The van der Waals surface area contributed by atoms with Crippen molar-refractivity contribution in [2.24, 2.45) is 0 Å². The standard InChI is InChI=1S/C8H16INS/c1-7(9)11-8-4-3-5-10(2)6-8/h7-8H,3-6H2,1-2H3. The van der Waals surface area contributed by atoms with Crippen LogP contribution in [0.3, 0.4) is 0 Å². The SMILES string of the molecule is CC(I)SC1CCCN(C)C1. The highest BCUT2D eigenvalue weighted by Crippen LogP contribution is 2.28. The largest absolute Gasteiger partial charge is 0.305 e. The fourth-order valence-corrected chi connectivity index (χ4v) is 3.91. The molecule has 66 valence electrons. The zero-order valence-corrected chi connectivity index (χ0v) is 10.2. The average Bonchev–Trinajstić information content (AvgIpc) is 1.85. The predicted molar refractivity (Wildman–Crippen MR) is 61.6 cm³/mol. The number of hydrogen-bond acceptors (Lipinski definition) is 2. The van der Waals surface area contributed by atoms with Crippen molar-refractivity contribution in [3.05, 3.63) is 0 Å². The number of nitrogens with zero attached hydrogens (tertiary/aromatic N) is 1. The Morgan fingerprint density at radius 1 is 1.64 bits per heavy atom. The quantitative estimate of drug-likeness (QED) is 0.567. The highest BCUT2D eigenvalue weighted by molar-refractivity contribution is 14.1. The minimum Gasteiger partial charge on any atom is -0.305 e. The Labute approximate surface area is 87.4 Å². The van der Waals surface area contributed by atoms with E-state index in [1.807, 2.05) is 0 Å². The van der Waals surface area contributed by atoms with Gasteiger partial charge < -0.3 is 4.90 Å². The summed E-state index contributed by atoms with van der Waals surface area (Å²) in [5, 5.41) is 0.889. The molecule has 0 bridgehead atoms. The molecule has 0 aromatic heterocycles. The lowest BCUT2D eigenvalue weighted by Crippen LogP contribution is -2.34. The third kappa shape index (κ3) is 3.99. The molecule has 0 N–H and O–H groups in total. The second-order valence-corrected chi connectivity index (χ2v) is 7.57. The molecule has 0 saturated carbocycles. The first-order chi connectivity index (χ1) is 5.18. The van der Waals surface area contributed by atoms with Gasteiger partial charge in [-0.1, -0.05) is 22.6 Å². The van der Waals surface area contributed by atoms with E-state index in [0.717, 1.165) is 8.51 Å². The zero-order chi connectivity index (χ0) is 8.27. The van der Waals surface area contributed by atoms with Crippen molar-refractivity contribution >= 4 is 34.4 Å². The third-order valence-corrected chi connectivity index (χ3v) is 3.99. The normalized spacial score (nSPS) is 30.3. The highest BCUT2D eigenvalue weighted by Gasteiger charge is 2.18. The summed E-state index contributed by atoms with van der Waals surface area (Å²) in [6, 6.07) is 0. The highest BCUT2D eigenvalue weighted by atomic mass is 127. The fraction of sp³-hybridized carbons (Fsp3) is 1.00. The molecule has 11 heavy (non-hydrogen) atoms. The van der Waals surface area contributed by atoms with E-state index < -0.39 is 0 Å². The van der Waals surface area contributed by atoms with Crippen LogP contribution < -0.4 is 0 Å². The van der Waals surface area contributed by atoms with Crippen molar-refractivity contribution in [2.45, 2.75) is 28.3 Å². The lowest BCUT2D eigenvalue weighted by Gasteiger charge is -2.29. The smallest absolute Gasteiger partial charge is 0.0539 e. The third-order valence-electron chi connectivity index (χ3n) is 1.96. The Balaban J connectivity index is 2.23. The van der Waals surface area contributed by atoms with E-state index in [1.165, 1.54) is 25.9 Å². The number of thioether (sulfide) groups is 1. The molecule has 0 aromatic rings. The van der Waals surface area contributed by atoms with Gasteiger partial charge in [0.2, 0.25) is 0 Å². The van der Waals surface area contributed by atoms with Crippen molar-refractivity contribution in [3.8, 4) is 0 Å². The summed E-state index contributed by atoms with van der Waals surface area (Å²) in [5.41, 5.74) is 0. The maximum atomic E-state index is 2.50. The van der Waals surface area contributed by atoms with Crippen molar-refractivity contribution in [2.75, 3.05) is 20.1 Å². The first-order valence-corrected chi connectivity index (χ1v) is 6.35. The van der Waals surface area contributed by atoms with Gasteiger partial charge in [-0.3, -0.25) is 0 Å². The minimum absolute atomic E-state index is 0.768. The molecule has 1 rings (SSSR count). The topological polar surface area (TPSA) is 3.24 Å². The van der Waals surface area contributed by atoms with Gasteiger partial charge in [-0.15, -0.1) is 11.8 Å². The Hall–Kier alpha value is 1.04. The van der Waals surface area contributed by atoms with Crippen molar-refractivity contribution in [3.63, 3.8) is 0 Å². The Morgan fingerprint density at radius 2 is 2.36 bits per heavy atom. The van der Waals surface area contributed by atoms with Gasteiger partial charge in [0.15, 0.2) is 0 Å². The summed E-state index contributed by atoms with van der Waals surface area (Å²) in [4.78, 5) is 2.44. The second-order valence-electron chi connectivity index (χ2n) is 3.21. The molecule has 1 nitrogen and oxygen atoms in total. The van der Waals surface area contributed by atoms with Crippen LogP contribution in [0.15, 0.2) is 0 Å². The molecule has 1 saturated heterocycles. The van der Waals surface area contributed by atoms with Crippen LogP contribution in [-0.2, 0) is 0 Å². The van der Waals surface area contributed by atoms with Gasteiger partial charge in [0.25, 0.3) is 0 Å². The molecule has 3 heteroatoms. The van der Waals surface area contributed by atoms with E-state index in [9.17, 15) is 0 Å². The van der Waals surface area contributed by atoms with Crippen LogP contribution in [0.1, 0.15) is 19.8 Å². The van der Waals surface area contributed by atoms with Crippen LogP contribution in [0, 0.1) is 0 Å². The maximum Gasteiger partial charge on any atom is 0.0539 e. The summed E-state index contributed by atoms with van der Waals surface area (Å²) in [6.07, 6.45) is 2.81. The van der Waals surface area contributed by atoms with E-state index >= 15 is 0 Å². The van der Waals surface area contributed by atoms with E-state index in [0.29, 0.717) is 0 Å². The summed E-state index contributed by atoms with van der Waals surface area (Å²) in [7, 11) is 2.23. The molecule has 0 spiro atoms. The van der Waals surface area contributed by atoms with E-state index in [1.54, 1.807) is 0 Å². The maximum absolute atomic E-state index is 2.50. The van der Waals surface area contributed by atoms with Crippen LogP contribution in [0.25, 0.3) is 0 Å². The van der Waals surface area contributed by atoms with Gasteiger partial charge in [0, 0.05) is 11.8 Å². The van der Waals surface area contributed by atoms with Crippen LogP contribution in [-0.4, -0.2) is 33.5 Å². The minimum atomic E-state index is 0.768. The monoisotopic (exact) mass is 285 g/mol. The molecule has 1 aliphatic rings. The number of alkyl halides is 1. The average molecular weight is 285 g/mol. The summed E-state index contributed by atoms with van der Waals surface area (Å²) in [6.45, 7) is 4.87. The molecule has 0 amide bonds. The van der Waals surface area contributed by atoms with Crippen molar-refractivity contribution in [1.82, 2.24) is 4.90 Å². The van der Waals surface area contributed by atoms with Crippen LogP contribution in [0.2, 0.25) is 0 Å². The van der Waals surface area contributed by atoms with Gasteiger partial charge in [0.1, 0.15) is 0 Å². The molecule has 0 aromatic carbocycles. The Morgan fingerprint density at radius 3 is 2.91 bits per heavy atom. The molecule has 2 unspecified atom stereocenters. The Kier molecular flexibility index (Phi) is 4.53. The predicted octanol–water partition coefficient (Wildman–Crippen LogP) is 2.59. The van der Waals surface area contributed by atoms with Crippen molar-refractivity contribution < 1.29 is 0 Å². The number of halogens is 1. The van der Waals surface area contributed by atoms with Gasteiger partial charge in [0.05, 0.1) is 3.26 Å². The van der Waals surface area contributed by atoms with Crippen LogP contribution in [0.5, 0.6) is 0 Å². The van der Waals surface area contributed by atoms with Crippen molar-refractivity contribution in [1.29, 1.82) is 0 Å². The molecular formula is C8H16INS. The zero-order valence-electron chi connectivity index (χ0n) is 7.22. The summed E-state index contributed by atoms with van der Waals surface area (Å²) < 4.78 is 0.768. The lowest BCUT2D eigenvalue weighted by molar-refractivity contribution is 0.283. The van der Waals surface area contributed by atoms with Crippen LogP contribution in [0.4, 0.5) is 0 Å². The molecule has 1 heterocycles. The molecular weight excluding hydrogens is 269 g/mol. The molecule has 2 atom stereocenters. The van der Waals surface area contributed by atoms with Gasteiger partial charge in [-0.2, -0.15) is 0 Å². The summed E-state index contributed by atoms with van der Waals surface area (Å²) >= 11 is 4.62. The number of hydrogen-bond donors (Lipinski definition) is 0. The number of likely N-dealkylation sites (tertiary alicyclic amines) is 1. The Bertz CT molecular complexity index is 117. The lowest BCUT2D eigenvalue weighted by atomic mass is 10.1. The van der Waals surface area contributed by atoms with Gasteiger partial charge in [-0.05, 0) is 33.4 Å². The van der Waals surface area contributed by atoms with Gasteiger partial charge >= 0.3 is 0 Å². The molecule has 0 aliphatic carbocycles. The first-order valence-electron chi connectivity index (χ1n) is 4.16. The van der Waals surface area contributed by atoms with E-state index in [4.69, 9.17) is 0 Å². The fourth-order valence-electron chi connectivity index (χ4n) is 1.50. The molecule has 1 fully saturated rings.